The zero-order valence-electron chi connectivity index (χ0n) is 15.9. The number of phosphoric ester groups is 1. The molecule has 0 saturated heterocycles. The van der Waals surface area contributed by atoms with Crippen molar-refractivity contribution in [1.82, 2.24) is 5.32 Å². The lowest BCUT2D eigenvalue weighted by Gasteiger charge is -2.19. The Balaban J connectivity index is 2.66. The van der Waals surface area contributed by atoms with E-state index in [0.29, 0.717) is 32.2 Å². The van der Waals surface area contributed by atoms with Crippen molar-refractivity contribution in [3.8, 4) is 0 Å². The third-order valence-electron chi connectivity index (χ3n) is 4.33. The van der Waals surface area contributed by atoms with E-state index in [9.17, 15) is 14.2 Å². The third kappa shape index (κ3) is 9.32. The first kappa shape index (κ1) is 24.1. The molecule has 1 fully saturated rings. The molecule has 11 nitrogen and oxygen atoms in total. The van der Waals surface area contributed by atoms with Gasteiger partial charge in [0.15, 0.2) is 5.96 Å². The number of nitrogens with two attached hydrogens (primary N) is 3. The second-order valence-electron chi connectivity index (χ2n) is 6.86. The summed E-state index contributed by atoms with van der Waals surface area (Å²) in [6.45, 7) is 1.91. The van der Waals surface area contributed by atoms with E-state index in [1.54, 1.807) is 13.0 Å². The van der Waals surface area contributed by atoms with Crippen LogP contribution in [0.5, 0.6) is 0 Å². The molecule has 0 aromatic carbocycles. The molecule has 1 aliphatic rings. The number of nitrogens with one attached hydrogen (secondary N) is 1. The monoisotopic (exact) mass is 419 g/mol. The lowest BCUT2D eigenvalue weighted by molar-refractivity contribution is -0.129. The molecule has 0 aliphatic heterocycles. The number of nitrogens with zero attached hydrogens (tertiary/aromatic N) is 1. The molecule has 0 unspecified atom stereocenters. The number of amides is 2. The smallest absolute Gasteiger partial charge is 0.370 e. The zero-order valence-corrected chi connectivity index (χ0v) is 16.8. The minimum absolute atomic E-state index is 0.0442. The number of rotatable bonds is 11. The van der Waals surface area contributed by atoms with Crippen molar-refractivity contribution in [2.24, 2.45) is 34.0 Å². The largest absolute Gasteiger partial charge is 0.469 e. The van der Waals surface area contributed by atoms with Crippen LogP contribution in [0.25, 0.3) is 0 Å². The van der Waals surface area contributed by atoms with Gasteiger partial charge in [0, 0.05) is 6.54 Å². The van der Waals surface area contributed by atoms with E-state index in [1.807, 2.05) is 0 Å². The molecule has 160 valence electrons. The van der Waals surface area contributed by atoms with Gasteiger partial charge in [0.05, 0.1) is 12.5 Å². The van der Waals surface area contributed by atoms with Gasteiger partial charge in [-0.3, -0.25) is 19.1 Å². The fourth-order valence-electron chi connectivity index (χ4n) is 3.06. The third-order valence-corrected chi connectivity index (χ3v) is 4.82. The summed E-state index contributed by atoms with van der Waals surface area (Å²) in [5, 5.41) is 2.68. The van der Waals surface area contributed by atoms with Crippen molar-refractivity contribution >= 4 is 25.6 Å². The molecule has 28 heavy (non-hydrogen) atoms. The van der Waals surface area contributed by atoms with Gasteiger partial charge in [-0.25, -0.2) is 4.57 Å². The maximum atomic E-state index is 12.6. The van der Waals surface area contributed by atoms with Gasteiger partial charge in [0.2, 0.25) is 11.8 Å². The average Bonchev–Trinajstić information content (AvgIpc) is 3.02. The Morgan fingerprint density at radius 1 is 1.39 bits per heavy atom. The van der Waals surface area contributed by atoms with Crippen molar-refractivity contribution < 1.29 is 28.5 Å². The molecular weight excluding hydrogens is 389 g/mol. The van der Waals surface area contributed by atoms with Crippen molar-refractivity contribution in [2.75, 3.05) is 13.2 Å². The lowest BCUT2D eigenvalue weighted by atomic mass is 9.97. The van der Waals surface area contributed by atoms with Crippen LogP contribution in [0.15, 0.2) is 16.6 Å². The molecule has 0 bridgehead atoms. The Morgan fingerprint density at radius 2 is 2.07 bits per heavy atom. The summed E-state index contributed by atoms with van der Waals surface area (Å²) in [7, 11) is -4.53. The molecule has 3 atom stereocenters. The molecule has 0 radical (unpaired) electrons. The van der Waals surface area contributed by atoms with Gasteiger partial charge in [-0.05, 0) is 38.0 Å². The molecule has 1 saturated carbocycles. The number of aliphatic imine (C=N–C) groups is 1. The Kier molecular flexibility index (Phi) is 9.60. The van der Waals surface area contributed by atoms with Crippen LogP contribution in [0.1, 0.15) is 39.0 Å². The van der Waals surface area contributed by atoms with Crippen molar-refractivity contribution in [3.05, 3.63) is 11.6 Å². The van der Waals surface area contributed by atoms with Gasteiger partial charge in [-0.15, -0.1) is 0 Å². The maximum Gasteiger partial charge on any atom is 0.469 e. The molecular formula is C16H30N5O6P. The number of carbonyl (C=O) groups excluding carboxylic acids is 2. The highest BCUT2D eigenvalue weighted by atomic mass is 31.2. The number of phosphoric acid groups is 1. The van der Waals surface area contributed by atoms with Crippen LogP contribution in [-0.4, -0.2) is 46.8 Å². The topological polar surface area (TPSA) is 203 Å². The van der Waals surface area contributed by atoms with Gasteiger partial charge in [-0.2, -0.15) is 0 Å². The molecule has 0 spiro atoms. The first-order chi connectivity index (χ1) is 13.0. The molecule has 12 heteroatoms. The van der Waals surface area contributed by atoms with Gasteiger partial charge in [-0.1, -0.05) is 18.6 Å². The Labute approximate surface area is 164 Å². The summed E-state index contributed by atoms with van der Waals surface area (Å²) in [5.41, 5.74) is 16.7. The van der Waals surface area contributed by atoms with E-state index >= 15 is 0 Å². The fraction of sp³-hybridized carbons (Fsp3) is 0.688. The summed E-state index contributed by atoms with van der Waals surface area (Å²) < 4.78 is 15.3. The van der Waals surface area contributed by atoms with Crippen LogP contribution in [0, 0.1) is 11.8 Å². The normalized spacial score (nSPS) is 20.5. The second-order valence-corrected chi connectivity index (χ2v) is 8.10. The molecule has 0 aromatic rings. The van der Waals surface area contributed by atoms with Gasteiger partial charge in [0.1, 0.15) is 6.04 Å². The van der Waals surface area contributed by atoms with Gasteiger partial charge in [0.25, 0.3) is 0 Å². The van der Waals surface area contributed by atoms with Crippen LogP contribution in [0.3, 0.4) is 0 Å². The zero-order chi connectivity index (χ0) is 21.3. The first-order valence-electron chi connectivity index (χ1n) is 9.05. The highest BCUT2D eigenvalue weighted by Crippen LogP contribution is 2.37. The number of primary amides is 1. The number of carbonyl (C=O) groups is 2. The Hall–Kier alpha value is -1.94. The van der Waals surface area contributed by atoms with Crippen LogP contribution < -0.4 is 22.5 Å². The number of hydrogen-bond donors (Lipinski definition) is 6. The number of hydrogen-bond acceptors (Lipinski definition) is 5. The Bertz CT molecular complexity index is 658. The maximum absolute atomic E-state index is 12.6. The van der Waals surface area contributed by atoms with E-state index in [1.165, 1.54) is 0 Å². The van der Waals surface area contributed by atoms with E-state index in [4.69, 9.17) is 27.0 Å². The molecule has 1 aliphatic carbocycles. The SMILES string of the molecule is C[C@H](/C=C1/CCC[C@H]1C(=O)N[C@@H](CCCN=C(N)N)C(N)=O)COP(=O)(O)O. The van der Waals surface area contributed by atoms with Crippen molar-refractivity contribution in [2.45, 2.75) is 45.1 Å². The molecule has 0 aromatic heterocycles. The molecule has 9 N–H and O–H groups in total. The van der Waals surface area contributed by atoms with E-state index in [-0.39, 0.29) is 24.4 Å². The second kappa shape index (κ2) is 11.2. The van der Waals surface area contributed by atoms with E-state index < -0.39 is 25.7 Å². The van der Waals surface area contributed by atoms with Gasteiger partial charge < -0.3 is 32.3 Å². The highest BCUT2D eigenvalue weighted by Gasteiger charge is 2.30. The number of guanidine groups is 1. The van der Waals surface area contributed by atoms with Crippen LogP contribution in [-0.2, 0) is 18.7 Å². The van der Waals surface area contributed by atoms with Crippen molar-refractivity contribution in [3.63, 3.8) is 0 Å². The highest BCUT2D eigenvalue weighted by molar-refractivity contribution is 7.46. The van der Waals surface area contributed by atoms with Gasteiger partial charge >= 0.3 is 7.82 Å². The summed E-state index contributed by atoms with van der Waals surface area (Å²) >= 11 is 0. The standard InChI is InChI=1S/C16H30N5O6P/c1-10(9-27-28(24,25)26)8-11-4-2-5-12(11)15(23)21-13(14(17)22)6-3-7-20-16(18)19/h8,10,12-13H,2-7,9H2,1H3,(H2,17,22)(H,21,23)(H4,18,19,20)(H2,24,25,26)/b11-8-/t10-,12-,13+/m1/s1. The average molecular weight is 419 g/mol. The summed E-state index contributed by atoms with van der Waals surface area (Å²) in [5.74, 6) is -1.65. The fourth-order valence-corrected chi connectivity index (χ4v) is 3.49. The van der Waals surface area contributed by atoms with Crippen LogP contribution in [0.4, 0.5) is 0 Å². The first-order valence-corrected chi connectivity index (χ1v) is 10.6. The predicted octanol–water partition coefficient (Wildman–Crippen LogP) is -0.518. The van der Waals surface area contributed by atoms with E-state index in [2.05, 4.69) is 14.8 Å². The summed E-state index contributed by atoms with van der Waals surface area (Å²) in [6, 6.07) is -0.820. The minimum atomic E-state index is -4.53. The van der Waals surface area contributed by atoms with Crippen LogP contribution >= 0.6 is 7.82 Å². The quantitative estimate of drug-likeness (QED) is 0.0843. The van der Waals surface area contributed by atoms with Crippen LogP contribution in [0.2, 0.25) is 0 Å². The minimum Gasteiger partial charge on any atom is -0.370 e. The lowest BCUT2D eigenvalue weighted by Crippen LogP contribution is -2.46. The molecule has 2 amide bonds. The summed E-state index contributed by atoms with van der Waals surface area (Å²) in [6.07, 6.45) is 4.73. The summed E-state index contributed by atoms with van der Waals surface area (Å²) in [4.78, 5) is 45.6. The predicted molar refractivity (Wildman–Crippen MR) is 104 cm³/mol. The van der Waals surface area contributed by atoms with Crippen molar-refractivity contribution in [1.29, 1.82) is 0 Å². The molecule has 1 rings (SSSR count). The van der Waals surface area contributed by atoms with E-state index in [0.717, 1.165) is 12.0 Å². The Morgan fingerprint density at radius 3 is 2.64 bits per heavy atom. The molecule has 0 heterocycles.